The van der Waals surface area contributed by atoms with Gasteiger partial charge in [-0.05, 0) is 32.8 Å². The van der Waals surface area contributed by atoms with Gasteiger partial charge in [-0.2, -0.15) is 10.2 Å². The average molecular weight is 292 g/mol. The normalized spacial score (nSPS) is 17.9. The third kappa shape index (κ3) is 2.80. The van der Waals surface area contributed by atoms with Gasteiger partial charge >= 0.3 is 0 Å². The summed E-state index contributed by atoms with van der Waals surface area (Å²) in [5.41, 5.74) is 7.72. The topological polar surface area (TPSA) is 72.1 Å². The molecule has 2 N–H and O–H groups in total. The summed E-state index contributed by atoms with van der Waals surface area (Å²) in [6.07, 6.45) is 1.62. The molecule has 0 unspecified atom stereocenters. The van der Waals surface area contributed by atoms with Gasteiger partial charge in [0.25, 0.3) is 5.91 Å². The molecule has 20 heavy (non-hydrogen) atoms. The second-order valence-electron chi connectivity index (χ2n) is 5.70. The molecule has 1 saturated heterocycles. The number of nitrogens with two attached hydrogens (primary N) is 1. The molecule has 1 fully saturated rings. The van der Waals surface area contributed by atoms with E-state index in [-0.39, 0.29) is 11.3 Å². The van der Waals surface area contributed by atoms with E-state index < -0.39 is 0 Å². The summed E-state index contributed by atoms with van der Waals surface area (Å²) in [7, 11) is 0. The van der Waals surface area contributed by atoms with Crippen molar-refractivity contribution < 1.29 is 4.79 Å². The predicted octanol–water partition coefficient (Wildman–Crippen LogP) is 1.62. The number of hydrogen-bond donors (Lipinski definition) is 1. The summed E-state index contributed by atoms with van der Waals surface area (Å²) in [6.45, 7) is 7.06. The van der Waals surface area contributed by atoms with Crippen molar-refractivity contribution in [1.29, 1.82) is 0 Å². The zero-order chi connectivity index (χ0) is 14.9. The molecule has 0 aromatic carbocycles. The number of piperidine rings is 1. The maximum absolute atomic E-state index is 12.5. The Morgan fingerprint density at radius 1 is 1.35 bits per heavy atom. The number of hydrogen-bond acceptors (Lipinski definition) is 4. The third-order valence-electron chi connectivity index (χ3n) is 4.08. The Balaban J connectivity index is 2.13. The lowest BCUT2D eigenvalue weighted by Gasteiger charge is -2.38. The average Bonchev–Trinajstić information content (AvgIpc) is 2.41. The SMILES string of the molecule is Cc1cc(C(=O)N2CCC(C)(C(N)=S)CC2)c(C)nn1. The van der Waals surface area contributed by atoms with E-state index in [1.54, 1.807) is 6.07 Å². The second kappa shape index (κ2) is 5.44. The number of rotatable bonds is 2. The van der Waals surface area contributed by atoms with Crippen molar-refractivity contribution >= 4 is 23.1 Å². The number of aromatic nitrogens is 2. The van der Waals surface area contributed by atoms with Crippen LogP contribution in [0.4, 0.5) is 0 Å². The number of carbonyl (C=O) groups is 1. The van der Waals surface area contributed by atoms with Crippen LogP contribution in [0.3, 0.4) is 0 Å². The first-order valence-corrected chi connectivity index (χ1v) is 7.14. The van der Waals surface area contributed by atoms with E-state index in [4.69, 9.17) is 18.0 Å². The van der Waals surface area contributed by atoms with Gasteiger partial charge in [0.2, 0.25) is 0 Å². The van der Waals surface area contributed by atoms with Crippen molar-refractivity contribution in [3.05, 3.63) is 23.0 Å². The quantitative estimate of drug-likeness (QED) is 0.839. The Bertz CT molecular complexity index is 550. The van der Waals surface area contributed by atoms with Crippen LogP contribution in [0.1, 0.15) is 41.5 Å². The molecule has 0 saturated carbocycles. The van der Waals surface area contributed by atoms with E-state index in [0.717, 1.165) is 18.5 Å². The smallest absolute Gasteiger partial charge is 0.255 e. The molecule has 5 nitrogen and oxygen atoms in total. The van der Waals surface area contributed by atoms with Gasteiger partial charge in [-0.1, -0.05) is 19.1 Å². The van der Waals surface area contributed by atoms with Crippen LogP contribution in [-0.4, -0.2) is 39.1 Å². The molecule has 1 aliphatic heterocycles. The van der Waals surface area contributed by atoms with Gasteiger partial charge in [0.1, 0.15) is 0 Å². The standard InChI is InChI=1S/C14H20N4OS/c1-9-8-11(10(2)17-16-9)12(19)18-6-4-14(3,5-7-18)13(15)20/h8H,4-7H2,1-3H3,(H2,15,20). The van der Waals surface area contributed by atoms with Crippen molar-refractivity contribution in [2.45, 2.75) is 33.6 Å². The molecule has 0 aliphatic carbocycles. The van der Waals surface area contributed by atoms with Crippen LogP contribution in [0.25, 0.3) is 0 Å². The maximum Gasteiger partial charge on any atom is 0.255 e. The van der Waals surface area contributed by atoms with Crippen LogP contribution >= 0.6 is 12.2 Å². The molecule has 1 aromatic rings. The Labute approximate surface area is 124 Å². The van der Waals surface area contributed by atoms with Gasteiger partial charge in [-0.15, -0.1) is 0 Å². The Morgan fingerprint density at radius 2 is 1.95 bits per heavy atom. The molecule has 1 aliphatic rings. The van der Waals surface area contributed by atoms with Crippen LogP contribution in [0, 0.1) is 19.3 Å². The molecule has 0 atom stereocenters. The third-order valence-corrected chi connectivity index (χ3v) is 4.57. The van der Waals surface area contributed by atoms with Crippen LogP contribution in [-0.2, 0) is 0 Å². The fraction of sp³-hybridized carbons (Fsp3) is 0.571. The molecule has 0 bridgehead atoms. The monoisotopic (exact) mass is 292 g/mol. The second-order valence-corrected chi connectivity index (χ2v) is 6.14. The lowest BCUT2D eigenvalue weighted by molar-refractivity contribution is 0.0668. The number of nitrogens with zero attached hydrogens (tertiary/aromatic N) is 3. The molecule has 1 amide bonds. The number of carbonyl (C=O) groups excluding carboxylic acids is 1. The van der Waals surface area contributed by atoms with Crippen LogP contribution < -0.4 is 5.73 Å². The van der Waals surface area contributed by atoms with Gasteiger partial charge < -0.3 is 10.6 Å². The molecular weight excluding hydrogens is 272 g/mol. The first-order chi connectivity index (χ1) is 9.33. The summed E-state index contributed by atoms with van der Waals surface area (Å²) < 4.78 is 0. The van der Waals surface area contributed by atoms with E-state index in [1.165, 1.54) is 0 Å². The molecule has 2 heterocycles. The Hall–Kier alpha value is -1.56. The van der Waals surface area contributed by atoms with E-state index in [2.05, 4.69) is 17.1 Å². The Morgan fingerprint density at radius 3 is 2.50 bits per heavy atom. The van der Waals surface area contributed by atoms with Crippen LogP contribution in [0.2, 0.25) is 0 Å². The molecule has 2 rings (SSSR count). The van der Waals surface area contributed by atoms with E-state index >= 15 is 0 Å². The maximum atomic E-state index is 12.5. The zero-order valence-electron chi connectivity index (χ0n) is 12.1. The summed E-state index contributed by atoms with van der Waals surface area (Å²) >= 11 is 5.12. The fourth-order valence-corrected chi connectivity index (χ4v) is 2.59. The highest BCUT2D eigenvalue weighted by Gasteiger charge is 2.34. The molecular formula is C14H20N4OS. The lowest BCUT2D eigenvalue weighted by atomic mass is 9.80. The highest BCUT2D eigenvalue weighted by Crippen LogP contribution is 2.31. The highest BCUT2D eigenvalue weighted by molar-refractivity contribution is 7.80. The summed E-state index contributed by atoms with van der Waals surface area (Å²) in [5, 5.41) is 7.97. The minimum absolute atomic E-state index is 0.0190. The van der Waals surface area contributed by atoms with Gasteiger partial charge in [-0.3, -0.25) is 4.79 Å². The van der Waals surface area contributed by atoms with Gasteiger partial charge in [0.05, 0.1) is 21.9 Å². The number of likely N-dealkylation sites (tertiary alicyclic amines) is 1. The van der Waals surface area contributed by atoms with Crippen molar-refractivity contribution in [2.75, 3.05) is 13.1 Å². The number of amides is 1. The van der Waals surface area contributed by atoms with Gasteiger partial charge in [-0.25, -0.2) is 0 Å². The van der Waals surface area contributed by atoms with Crippen molar-refractivity contribution in [1.82, 2.24) is 15.1 Å². The van der Waals surface area contributed by atoms with Crippen LogP contribution in [0.15, 0.2) is 6.07 Å². The first kappa shape index (κ1) is 14.8. The van der Waals surface area contributed by atoms with Crippen molar-refractivity contribution in [3.63, 3.8) is 0 Å². The summed E-state index contributed by atoms with van der Waals surface area (Å²) in [6, 6.07) is 1.80. The zero-order valence-corrected chi connectivity index (χ0v) is 13.0. The number of thiocarbonyl (C=S) groups is 1. The Kier molecular flexibility index (Phi) is 4.04. The van der Waals surface area contributed by atoms with Crippen LogP contribution in [0.5, 0.6) is 0 Å². The molecule has 0 spiro atoms. The van der Waals surface area contributed by atoms with E-state index in [1.807, 2.05) is 18.7 Å². The lowest BCUT2D eigenvalue weighted by Crippen LogP contribution is -2.46. The van der Waals surface area contributed by atoms with Crippen molar-refractivity contribution in [2.24, 2.45) is 11.1 Å². The van der Waals surface area contributed by atoms with E-state index in [0.29, 0.717) is 29.3 Å². The molecule has 108 valence electrons. The predicted molar refractivity (Wildman–Crippen MR) is 81.5 cm³/mol. The van der Waals surface area contributed by atoms with Gasteiger partial charge in [0, 0.05) is 18.5 Å². The molecule has 6 heteroatoms. The summed E-state index contributed by atoms with van der Waals surface area (Å²) in [5.74, 6) is 0.0190. The molecule has 0 radical (unpaired) electrons. The highest BCUT2D eigenvalue weighted by atomic mass is 32.1. The largest absolute Gasteiger partial charge is 0.393 e. The minimum Gasteiger partial charge on any atom is -0.393 e. The summed E-state index contributed by atoms with van der Waals surface area (Å²) in [4.78, 5) is 14.9. The van der Waals surface area contributed by atoms with E-state index in [9.17, 15) is 4.79 Å². The first-order valence-electron chi connectivity index (χ1n) is 6.73. The minimum atomic E-state index is -0.131. The van der Waals surface area contributed by atoms with Crippen molar-refractivity contribution in [3.8, 4) is 0 Å². The molecule has 1 aromatic heterocycles. The van der Waals surface area contributed by atoms with Gasteiger partial charge in [0.15, 0.2) is 0 Å². The fourth-order valence-electron chi connectivity index (χ4n) is 2.39. The number of aryl methyl sites for hydroxylation is 2.